The quantitative estimate of drug-likeness (QED) is 0.818. The summed E-state index contributed by atoms with van der Waals surface area (Å²) in [6.07, 6.45) is 0.776. The van der Waals surface area contributed by atoms with Crippen LogP contribution in [0.1, 0.15) is 24.2 Å². The maximum Gasteiger partial charge on any atom is 0.257 e. The topological polar surface area (TPSA) is 46.6 Å². The molecule has 0 bridgehead atoms. The molecule has 4 heteroatoms. The zero-order valence-corrected chi connectivity index (χ0v) is 13.2. The molecule has 2 aromatic rings. The molecule has 1 aliphatic rings. The van der Waals surface area contributed by atoms with E-state index in [0.29, 0.717) is 5.56 Å². The summed E-state index contributed by atoms with van der Waals surface area (Å²) in [5.74, 6) is -0.191. The van der Waals surface area contributed by atoms with Crippen molar-refractivity contribution in [1.82, 2.24) is 4.90 Å². The Morgan fingerprint density at radius 1 is 1.13 bits per heavy atom. The summed E-state index contributed by atoms with van der Waals surface area (Å²) < 4.78 is 5.62. The first kappa shape index (κ1) is 15.4. The minimum atomic E-state index is -0.799. The fraction of sp³-hybridized carbons (Fsp3) is 0.263. The van der Waals surface area contributed by atoms with E-state index in [1.165, 1.54) is 4.90 Å². The molecule has 1 aliphatic heterocycles. The van der Waals surface area contributed by atoms with E-state index in [4.69, 9.17) is 4.74 Å². The summed E-state index contributed by atoms with van der Waals surface area (Å²) in [6, 6.07) is 16.6. The molecule has 1 fully saturated rings. The maximum absolute atomic E-state index is 13.1. The van der Waals surface area contributed by atoms with Crippen LogP contribution in [-0.4, -0.2) is 35.5 Å². The summed E-state index contributed by atoms with van der Waals surface area (Å²) in [6.45, 7) is 3.84. The first-order valence-corrected chi connectivity index (χ1v) is 7.62. The molecule has 0 aromatic heterocycles. The maximum atomic E-state index is 13.1. The van der Waals surface area contributed by atoms with Gasteiger partial charge in [-0.15, -0.1) is 0 Å². The molecule has 0 spiro atoms. The van der Waals surface area contributed by atoms with Crippen LogP contribution in [0.15, 0.2) is 54.6 Å². The predicted molar refractivity (Wildman–Crippen MR) is 87.9 cm³/mol. The Morgan fingerprint density at radius 3 is 2.48 bits per heavy atom. The highest BCUT2D eigenvalue weighted by Gasteiger charge is 2.44. The second-order valence-electron chi connectivity index (χ2n) is 6.05. The molecule has 0 saturated carbocycles. The van der Waals surface area contributed by atoms with Crippen LogP contribution in [0.4, 0.5) is 0 Å². The summed E-state index contributed by atoms with van der Waals surface area (Å²) in [4.78, 5) is 26.0. The standard InChI is InChI=1S/C19H19NO3/c1-19(2)20(15(12-21)13-23-19)18(22)17-11-7-6-10-16(17)14-8-4-3-5-9-14/h3-12,15H,13H2,1-2H3/t15-/m0/s1. The molecule has 0 N–H and O–H groups in total. The van der Waals surface area contributed by atoms with Gasteiger partial charge >= 0.3 is 0 Å². The molecular formula is C19H19NO3. The third-order valence-corrected chi connectivity index (χ3v) is 4.14. The van der Waals surface area contributed by atoms with Gasteiger partial charge in [0.15, 0.2) is 0 Å². The van der Waals surface area contributed by atoms with Gasteiger partial charge < -0.3 is 9.53 Å². The Balaban J connectivity index is 2.05. The van der Waals surface area contributed by atoms with E-state index in [9.17, 15) is 9.59 Å². The number of carbonyl (C=O) groups is 2. The number of ether oxygens (including phenoxy) is 1. The van der Waals surface area contributed by atoms with Crippen LogP contribution in [0.5, 0.6) is 0 Å². The van der Waals surface area contributed by atoms with Crippen LogP contribution >= 0.6 is 0 Å². The van der Waals surface area contributed by atoms with E-state index in [2.05, 4.69) is 0 Å². The normalized spacial score (nSPS) is 19.6. The summed E-state index contributed by atoms with van der Waals surface area (Å²) >= 11 is 0. The van der Waals surface area contributed by atoms with E-state index in [1.807, 2.05) is 48.5 Å². The number of carbonyl (C=O) groups excluding carboxylic acids is 2. The lowest BCUT2D eigenvalue weighted by Crippen LogP contribution is -2.48. The second kappa shape index (κ2) is 5.97. The Labute approximate surface area is 135 Å². The van der Waals surface area contributed by atoms with Crippen molar-refractivity contribution < 1.29 is 14.3 Å². The first-order chi connectivity index (χ1) is 11.0. The fourth-order valence-electron chi connectivity index (χ4n) is 3.00. The van der Waals surface area contributed by atoms with E-state index < -0.39 is 11.8 Å². The van der Waals surface area contributed by atoms with Crippen LogP contribution in [0.25, 0.3) is 11.1 Å². The van der Waals surface area contributed by atoms with Crippen molar-refractivity contribution in [2.75, 3.05) is 6.61 Å². The van der Waals surface area contributed by atoms with Crippen molar-refractivity contribution in [3.8, 4) is 11.1 Å². The highest BCUT2D eigenvalue weighted by molar-refractivity contribution is 6.02. The highest BCUT2D eigenvalue weighted by atomic mass is 16.5. The monoisotopic (exact) mass is 309 g/mol. The molecule has 0 radical (unpaired) electrons. The molecule has 1 heterocycles. The molecule has 118 valence electrons. The molecule has 0 aliphatic carbocycles. The largest absolute Gasteiger partial charge is 0.354 e. The molecule has 1 atom stereocenters. The van der Waals surface area contributed by atoms with Crippen LogP contribution in [0.3, 0.4) is 0 Å². The molecular weight excluding hydrogens is 290 g/mol. The summed E-state index contributed by atoms with van der Waals surface area (Å²) in [7, 11) is 0. The molecule has 1 amide bonds. The molecule has 4 nitrogen and oxygen atoms in total. The average molecular weight is 309 g/mol. The first-order valence-electron chi connectivity index (χ1n) is 7.62. The van der Waals surface area contributed by atoms with Gasteiger partial charge in [-0.2, -0.15) is 0 Å². The van der Waals surface area contributed by atoms with Crippen molar-refractivity contribution >= 4 is 12.2 Å². The number of aldehydes is 1. The summed E-state index contributed by atoms with van der Waals surface area (Å²) in [5, 5.41) is 0. The average Bonchev–Trinajstić information content (AvgIpc) is 2.89. The number of nitrogens with zero attached hydrogens (tertiary/aromatic N) is 1. The third kappa shape index (κ3) is 2.78. The van der Waals surface area contributed by atoms with E-state index in [0.717, 1.165) is 17.4 Å². The zero-order valence-electron chi connectivity index (χ0n) is 13.2. The fourth-order valence-corrected chi connectivity index (χ4v) is 3.00. The van der Waals surface area contributed by atoms with Crippen LogP contribution in [0.2, 0.25) is 0 Å². The van der Waals surface area contributed by atoms with Gasteiger partial charge in [-0.1, -0.05) is 48.5 Å². The Kier molecular flexibility index (Phi) is 4.01. The second-order valence-corrected chi connectivity index (χ2v) is 6.05. The van der Waals surface area contributed by atoms with E-state index in [-0.39, 0.29) is 12.5 Å². The van der Waals surface area contributed by atoms with Crippen molar-refractivity contribution in [3.05, 3.63) is 60.2 Å². The van der Waals surface area contributed by atoms with Crippen molar-refractivity contribution in [2.45, 2.75) is 25.6 Å². The van der Waals surface area contributed by atoms with E-state index >= 15 is 0 Å². The Hall–Kier alpha value is -2.46. The third-order valence-electron chi connectivity index (χ3n) is 4.14. The van der Waals surface area contributed by atoms with Gasteiger partial charge in [-0.25, -0.2) is 0 Å². The van der Waals surface area contributed by atoms with Crippen LogP contribution < -0.4 is 0 Å². The minimum absolute atomic E-state index is 0.191. The van der Waals surface area contributed by atoms with Gasteiger partial charge in [0.05, 0.1) is 6.61 Å². The van der Waals surface area contributed by atoms with E-state index in [1.54, 1.807) is 19.9 Å². The van der Waals surface area contributed by atoms with Gasteiger partial charge in [0.2, 0.25) is 0 Å². The smallest absolute Gasteiger partial charge is 0.257 e. The number of benzene rings is 2. The summed E-state index contributed by atoms with van der Waals surface area (Å²) in [5.41, 5.74) is 1.60. The van der Waals surface area contributed by atoms with Crippen LogP contribution in [-0.2, 0) is 9.53 Å². The zero-order chi connectivity index (χ0) is 16.4. The van der Waals surface area contributed by atoms with Gasteiger partial charge in [-0.05, 0) is 31.0 Å². The van der Waals surface area contributed by atoms with Crippen molar-refractivity contribution in [2.24, 2.45) is 0 Å². The highest BCUT2D eigenvalue weighted by Crippen LogP contribution is 2.31. The lowest BCUT2D eigenvalue weighted by Gasteiger charge is -2.32. The molecule has 23 heavy (non-hydrogen) atoms. The number of rotatable bonds is 3. The van der Waals surface area contributed by atoms with Crippen molar-refractivity contribution in [1.29, 1.82) is 0 Å². The van der Waals surface area contributed by atoms with Gasteiger partial charge in [0, 0.05) is 5.56 Å². The molecule has 2 aromatic carbocycles. The van der Waals surface area contributed by atoms with Gasteiger partial charge in [0.1, 0.15) is 18.1 Å². The predicted octanol–water partition coefficient (Wildman–Crippen LogP) is 3.13. The minimum Gasteiger partial charge on any atom is -0.354 e. The molecule has 0 unspecified atom stereocenters. The Bertz CT molecular complexity index is 724. The molecule has 1 saturated heterocycles. The number of amides is 1. The van der Waals surface area contributed by atoms with Gasteiger partial charge in [-0.3, -0.25) is 9.69 Å². The number of hydrogen-bond donors (Lipinski definition) is 0. The Morgan fingerprint density at radius 2 is 1.78 bits per heavy atom. The van der Waals surface area contributed by atoms with Crippen molar-refractivity contribution in [3.63, 3.8) is 0 Å². The lowest BCUT2D eigenvalue weighted by molar-refractivity contribution is -0.111. The van der Waals surface area contributed by atoms with Crippen LogP contribution in [0, 0.1) is 0 Å². The molecule has 3 rings (SSSR count). The lowest BCUT2D eigenvalue weighted by atomic mass is 9.98. The SMILES string of the molecule is CC1(C)OC[C@H](C=O)N1C(=O)c1ccccc1-c1ccccc1. The number of hydrogen-bond acceptors (Lipinski definition) is 3. The van der Waals surface area contributed by atoms with Gasteiger partial charge in [0.25, 0.3) is 5.91 Å².